The first-order chi connectivity index (χ1) is 8.48. The van der Waals surface area contributed by atoms with Crippen molar-refractivity contribution in [2.45, 2.75) is 45.1 Å². The van der Waals surface area contributed by atoms with Gasteiger partial charge >= 0.3 is 0 Å². The van der Waals surface area contributed by atoms with Crippen LogP contribution >= 0.6 is 0 Å². The molecule has 0 aromatic carbocycles. The molecule has 1 fully saturated rings. The summed E-state index contributed by atoms with van der Waals surface area (Å²) >= 11 is 0. The standard InChI is InChI=1S/C13H20N2O3/c1-9-4-3-5-13(17,7-9)8-14-12(16)11-6-10(2)15-18-11/h6,9,17H,3-5,7-8H2,1-2H3,(H,14,16). The van der Waals surface area contributed by atoms with E-state index in [1.54, 1.807) is 13.0 Å². The van der Waals surface area contributed by atoms with Crippen LogP contribution in [0.4, 0.5) is 0 Å². The molecule has 0 saturated heterocycles. The van der Waals surface area contributed by atoms with E-state index in [1.807, 2.05) is 0 Å². The molecule has 5 heteroatoms. The molecule has 0 spiro atoms. The molecule has 2 atom stereocenters. The molecule has 18 heavy (non-hydrogen) atoms. The third kappa shape index (κ3) is 3.10. The van der Waals surface area contributed by atoms with Crippen LogP contribution in [0.5, 0.6) is 0 Å². The molecule has 0 aliphatic heterocycles. The van der Waals surface area contributed by atoms with Gasteiger partial charge in [0.05, 0.1) is 11.3 Å². The van der Waals surface area contributed by atoms with E-state index < -0.39 is 5.60 Å². The van der Waals surface area contributed by atoms with Crippen LogP contribution in [0.25, 0.3) is 0 Å². The van der Waals surface area contributed by atoms with Gasteiger partial charge in [-0.05, 0) is 25.7 Å². The van der Waals surface area contributed by atoms with Gasteiger partial charge in [0.2, 0.25) is 5.76 Å². The zero-order valence-electron chi connectivity index (χ0n) is 10.9. The largest absolute Gasteiger partial charge is 0.388 e. The minimum atomic E-state index is -0.775. The number of nitrogens with one attached hydrogen (secondary N) is 1. The monoisotopic (exact) mass is 252 g/mol. The summed E-state index contributed by atoms with van der Waals surface area (Å²) in [6.45, 7) is 4.16. The number of hydrogen-bond acceptors (Lipinski definition) is 4. The predicted molar refractivity (Wildman–Crippen MR) is 66.2 cm³/mol. The second kappa shape index (κ2) is 5.10. The summed E-state index contributed by atoms with van der Waals surface area (Å²) in [4.78, 5) is 11.8. The Labute approximate surface area is 107 Å². The minimum Gasteiger partial charge on any atom is -0.388 e. The zero-order valence-corrected chi connectivity index (χ0v) is 10.9. The van der Waals surface area contributed by atoms with Crippen molar-refractivity contribution >= 4 is 5.91 Å². The van der Waals surface area contributed by atoms with E-state index in [0.29, 0.717) is 11.6 Å². The fourth-order valence-corrected chi connectivity index (χ4v) is 2.60. The van der Waals surface area contributed by atoms with E-state index in [-0.39, 0.29) is 18.2 Å². The Balaban J connectivity index is 1.89. The third-order valence-corrected chi connectivity index (χ3v) is 3.50. The highest BCUT2D eigenvalue weighted by atomic mass is 16.5. The van der Waals surface area contributed by atoms with Crippen molar-refractivity contribution < 1.29 is 14.4 Å². The van der Waals surface area contributed by atoms with Gasteiger partial charge in [0.25, 0.3) is 5.91 Å². The molecular formula is C13H20N2O3. The maximum absolute atomic E-state index is 11.8. The molecule has 2 rings (SSSR count). The number of carbonyl (C=O) groups is 1. The molecule has 1 amide bonds. The first kappa shape index (κ1) is 13.1. The van der Waals surface area contributed by atoms with Gasteiger partial charge < -0.3 is 14.9 Å². The van der Waals surface area contributed by atoms with Gasteiger partial charge in [-0.25, -0.2) is 0 Å². The van der Waals surface area contributed by atoms with Gasteiger partial charge in [-0.1, -0.05) is 24.9 Å². The van der Waals surface area contributed by atoms with Crippen molar-refractivity contribution in [3.63, 3.8) is 0 Å². The van der Waals surface area contributed by atoms with Crippen molar-refractivity contribution in [1.29, 1.82) is 0 Å². The van der Waals surface area contributed by atoms with E-state index in [4.69, 9.17) is 4.52 Å². The lowest BCUT2D eigenvalue weighted by molar-refractivity contribution is -0.0111. The number of nitrogens with zero attached hydrogens (tertiary/aromatic N) is 1. The molecule has 2 N–H and O–H groups in total. The molecular weight excluding hydrogens is 232 g/mol. The Morgan fingerprint density at radius 3 is 3.11 bits per heavy atom. The molecule has 0 bridgehead atoms. The first-order valence-electron chi connectivity index (χ1n) is 6.42. The van der Waals surface area contributed by atoms with Crippen molar-refractivity contribution in [3.05, 3.63) is 17.5 Å². The van der Waals surface area contributed by atoms with Crippen LogP contribution in [0.2, 0.25) is 0 Å². The van der Waals surface area contributed by atoms with E-state index in [1.165, 1.54) is 0 Å². The highest BCUT2D eigenvalue weighted by Gasteiger charge is 2.33. The molecule has 1 aliphatic rings. The summed E-state index contributed by atoms with van der Waals surface area (Å²) in [6.07, 6.45) is 3.64. The molecule has 100 valence electrons. The smallest absolute Gasteiger partial charge is 0.290 e. The predicted octanol–water partition coefficient (Wildman–Crippen LogP) is 1.65. The van der Waals surface area contributed by atoms with Crippen molar-refractivity contribution in [1.82, 2.24) is 10.5 Å². The first-order valence-corrected chi connectivity index (χ1v) is 6.42. The Kier molecular flexibility index (Phi) is 3.71. The van der Waals surface area contributed by atoms with Gasteiger partial charge in [-0.15, -0.1) is 0 Å². The van der Waals surface area contributed by atoms with Crippen molar-refractivity contribution in [2.75, 3.05) is 6.54 Å². The second-order valence-electron chi connectivity index (χ2n) is 5.44. The normalized spacial score (nSPS) is 28.1. The highest BCUT2D eigenvalue weighted by molar-refractivity contribution is 5.91. The summed E-state index contributed by atoms with van der Waals surface area (Å²) in [5.74, 6) is 0.385. The lowest BCUT2D eigenvalue weighted by atomic mass is 9.79. The molecule has 1 saturated carbocycles. The summed E-state index contributed by atoms with van der Waals surface area (Å²) < 4.78 is 4.88. The minimum absolute atomic E-state index is 0.194. The van der Waals surface area contributed by atoms with E-state index in [0.717, 1.165) is 25.7 Å². The number of aromatic nitrogens is 1. The molecule has 1 aromatic heterocycles. The topological polar surface area (TPSA) is 75.4 Å². The number of rotatable bonds is 3. The number of aliphatic hydroxyl groups is 1. The molecule has 2 unspecified atom stereocenters. The Morgan fingerprint density at radius 1 is 1.72 bits per heavy atom. The SMILES string of the molecule is Cc1cc(C(=O)NCC2(O)CCCC(C)C2)on1. The quantitative estimate of drug-likeness (QED) is 0.857. The van der Waals surface area contributed by atoms with E-state index in [9.17, 15) is 9.90 Å². The maximum atomic E-state index is 11.8. The summed E-state index contributed by atoms with van der Waals surface area (Å²) in [6, 6.07) is 1.59. The summed E-state index contributed by atoms with van der Waals surface area (Å²) in [5, 5.41) is 16.8. The Morgan fingerprint density at radius 2 is 2.50 bits per heavy atom. The molecule has 1 aromatic rings. The van der Waals surface area contributed by atoms with Gasteiger partial charge in [0, 0.05) is 12.6 Å². The van der Waals surface area contributed by atoms with Crippen LogP contribution in [-0.4, -0.2) is 28.3 Å². The second-order valence-corrected chi connectivity index (χ2v) is 5.44. The lowest BCUT2D eigenvalue weighted by Crippen LogP contribution is -2.45. The van der Waals surface area contributed by atoms with Crippen LogP contribution < -0.4 is 5.32 Å². The number of aryl methyl sites for hydroxylation is 1. The summed E-state index contributed by atoms with van der Waals surface area (Å²) in [7, 11) is 0. The molecule has 1 heterocycles. The number of amides is 1. The van der Waals surface area contributed by atoms with Crippen LogP contribution in [0.15, 0.2) is 10.6 Å². The fourth-order valence-electron chi connectivity index (χ4n) is 2.60. The van der Waals surface area contributed by atoms with Crippen molar-refractivity contribution in [3.8, 4) is 0 Å². The molecule has 1 aliphatic carbocycles. The number of carbonyl (C=O) groups excluding carboxylic acids is 1. The average Bonchev–Trinajstić information content (AvgIpc) is 2.73. The van der Waals surface area contributed by atoms with Gasteiger partial charge in [0.15, 0.2) is 0 Å². The highest BCUT2D eigenvalue weighted by Crippen LogP contribution is 2.31. The molecule has 5 nitrogen and oxygen atoms in total. The van der Waals surface area contributed by atoms with Gasteiger partial charge in [-0.3, -0.25) is 4.79 Å². The van der Waals surface area contributed by atoms with Gasteiger partial charge in [0.1, 0.15) is 0 Å². The van der Waals surface area contributed by atoms with Crippen LogP contribution in [0.3, 0.4) is 0 Å². The summed E-state index contributed by atoms with van der Waals surface area (Å²) in [5.41, 5.74) is -0.104. The maximum Gasteiger partial charge on any atom is 0.290 e. The van der Waals surface area contributed by atoms with E-state index >= 15 is 0 Å². The fraction of sp³-hybridized carbons (Fsp3) is 0.692. The van der Waals surface area contributed by atoms with E-state index in [2.05, 4.69) is 17.4 Å². The number of hydrogen-bond donors (Lipinski definition) is 2. The van der Waals surface area contributed by atoms with Crippen molar-refractivity contribution in [2.24, 2.45) is 5.92 Å². The average molecular weight is 252 g/mol. The van der Waals surface area contributed by atoms with Crippen LogP contribution in [0, 0.1) is 12.8 Å². The Bertz CT molecular complexity index is 430. The zero-order chi connectivity index (χ0) is 13.2. The Hall–Kier alpha value is -1.36. The van der Waals surface area contributed by atoms with Gasteiger partial charge in [-0.2, -0.15) is 0 Å². The van der Waals surface area contributed by atoms with Crippen LogP contribution in [0.1, 0.15) is 48.9 Å². The van der Waals surface area contributed by atoms with Crippen LogP contribution in [-0.2, 0) is 0 Å². The molecule has 0 radical (unpaired) electrons. The third-order valence-electron chi connectivity index (χ3n) is 3.50. The lowest BCUT2D eigenvalue weighted by Gasteiger charge is -2.35.